The number of nitrogens with zero attached hydrogens (tertiary/aromatic N) is 4. The van der Waals surface area contributed by atoms with Crippen molar-refractivity contribution in [3.63, 3.8) is 0 Å². The molecule has 3 heterocycles. The van der Waals surface area contributed by atoms with Crippen molar-refractivity contribution in [3.05, 3.63) is 57.2 Å². The van der Waals surface area contributed by atoms with Gasteiger partial charge in [-0.2, -0.15) is 5.10 Å². The van der Waals surface area contributed by atoms with Gasteiger partial charge in [0.05, 0.1) is 40.8 Å². The van der Waals surface area contributed by atoms with Gasteiger partial charge in [-0.05, 0) is 26.0 Å². The summed E-state index contributed by atoms with van der Waals surface area (Å²) >= 11 is 6.22. The van der Waals surface area contributed by atoms with Crippen molar-refractivity contribution in [2.75, 3.05) is 0 Å². The maximum Gasteiger partial charge on any atom is 0.258 e. The van der Waals surface area contributed by atoms with Crippen molar-refractivity contribution in [2.24, 2.45) is 0 Å². The number of rotatable bonds is 1. The Kier molecular flexibility index (Phi) is 3.43. The van der Waals surface area contributed by atoms with Gasteiger partial charge in [0, 0.05) is 11.6 Å². The first-order valence-corrected chi connectivity index (χ1v) is 8.05. The Morgan fingerprint density at radius 3 is 2.80 bits per heavy atom. The highest BCUT2D eigenvalue weighted by Gasteiger charge is 2.31. The zero-order chi connectivity index (χ0) is 17.9. The van der Waals surface area contributed by atoms with Crippen LogP contribution in [0.2, 0.25) is 5.02 Å². The Morgan fingerprint density at radius 1 is 1.32 bits per heavy atom. The van der Waals surface area contributed by atoms with Gasteiger partial charge in [-0.25, -0.2) is 13.9 Å². The summed E-state index contributed by atoms with van der Waals surface area (Å²) in [6, 6.07) is 3.36. The van der Waals surface area contributed by atoms with Crippen LogP contribution in [0.4, 0.5) is 4.39 Å². The fraction of sp³-hybridized carbons (Fsp3) is 0.235. The average Bonchev–Trinajstić information content (AvgIpc) is 3.11. The van der Waals surface area contributed by atoms with E-state index in [4.69, 9.17) is 11.6 Å². The second kappa shape index (κ2) is 5.42. The van der Waals surface area contributed by atoms with Gasteiger partial charge in [-0.3, -0.25) is 4.79 Å². The van der Waals surface area contributed by atoms with Crippen molar-refractivity contribution in [1.82, 2.24) is 19.5 Å². The molecule has 1 aliphatic heterocycles. The summed E-state index contributed by atoms with van der Waals surface area (Å²) in [6.45, 7) is 4.31. The van der Waals surface area contributed by atoms with Crippen LogP contribution in [0.15, 0.2) is 18.2 Å². The molecule has 128 valence electrons. The Labute approximate surface area is 147 Å². The number of amides is 1. The van der Waals surface area contributed by atoms with E-state index in [1.165, 1.54) is 6.07 Å². The number of benzene rings is 1. The average molecular weight is 361 g/mol. The molecule has 6 nitrogen and oxygen atoms in total. The molecule has 0 fully saturated rings. The first-order chi connectivity index (χ1) is 11.9. The van der Waals surface area contributed by atoms with Gasteiger partial charge in [0.1, 0.15) is 11.6 Å². The molecule has 3 aromatic rings. The van der Waals surface area contributed by atoms with E-state index in [0.29, 0.717) is 29.5 Å². The molecule has 1 aliphatic rings. The number of hydrogen-bond acceptors (Lipinski definition) is 4. The molecule has 8 heteroatoms. The lowest BCUT2D eigenvalue weighted by atomic mass is 10.1. The van der Waals surface area contributed by atoms with Gasteiger partial charge in [0.2, 0.25) is 0 Å². The van der Waals surface area contributed by atoms with Crippen molar-refractivity contribution >= 4 is 23.2 Å². The van der Waals surface area contributed by atoms with Crippen molar-refractivity contribution < 1.29 is 14.3 Å². The van der Waals surface area contributed by atoms with Gasteiger partial charge in [0.15, 0.2) is 5.65 Å². The predicted octanol–water partition coefficient (Wildman–Crippen LogP) is 3.00. The molecule has 0 saturated heterocycles. The number of fused-ring (bicyclic) bond motifs is 3. The number of hydrogen-bond donors (Lipinski definition) is 1. The maximum absolute atomic E-state index is 13.1. The second-order valence-corrected chi connectivity index (χ2v) is 6.46. The van der Waals surface area contributed by atoms with Crippen LogP contribution in [-0.2, 0) is 13.1 Å². The number of aryl methyl sites for hydroxylation is 2. The van der Waals surface area contributed by atoms with Crippen molar-refractivity contribution in [3.8, 4) is 5.75 Å². The van der Waals surface area contributed by atoms with Crippen LogP contribution in [0.5, 0.6) is 5.75 Å². The summed E-state index contributed by atoms with van der Waals surface area (Å²) in [5.41, 5.74) is 3.84. The number of aromatic nitrogens is 3. The summed E-state index contributed by atoms with van der Waals surface area (Å²) in [7, 11) is 0. The monoisotopic (exact) mass is 360 g/mol. The third kappa shape index (κ3) is 2.34. The van der Waals surface area contributed by atoms with Crippen LogP contribution < -0.4 is 0 Å². The Hall–Kier alpha value is -2.67. The molecule has 1 N–H and O–H groups in total. The van der Waals surface area contributed by atoms with Gasteiger partial charge >= 0.3 is 0 Å². The maximum atomic E-state index is 13.1. The molecule has 1 aromatic carbocycles. The highest BCUT2D eigenvalue weighted by molar-refractivity contribution is 6.31. The van der Waals surface area contributed by atoms with E-state index in [1.807, 2.05) is 13.8 Å². The molecule has 25 heavy (non-hydrogen) atoms. The molecule has 1 amide bonds. The fourth-order valence-corrected chi connectivity index (χ4v) is 3.24. The molecule has 4 rings (SSSR count). The number of carbonyl (C=O) groups is 1. The van der Waals surface area contributed by atoms with E-state index in [0.717, 1.165) is 29.1 Å². The molecular formula is C17H14ClFN4O2. The Bertz CT molecular complexity index is 1050. The third-order valence-corrected chi connectivity index (χ3v) is 4.98. The normalized spacial score (nSPS) is 13.5. The van der Waals surface area contributed by atoms with Crippen molar-refractivity contribution in [2.45, 2.75) is 26.9 Å². The summed E-state index contributed by atoms with van der Waals surface area (Å²) in [5, 5.41) is 14.9. The summed E-state index contributed by atoms with van der Waals surface area (Å²) in [4.78, 5) is 18.7. The van der Waals surface area contributed by atoms with Gasteiger partial charge < -0.3 is 10.0 Å². The van der Waals surface area contributed by atoms with Crippen LogP contribution in [0, 0.1) is 19.7 Å². The molecule has 0 atom stereocenters. The van der Waals surface area contributed by atoms with E-state index >= 15 is 0 Å². The molecule has 0 bridgehead atoms. The van der Waals surface area contributed by atoms with E-state index in [9.17, 15) is 14.3 Å². The smallest absolute Gasteiger partial charge is 0.258 e. The van der Waals surface area contributed by atoms with E-state index in [1.54, 1.807) is 9.42 Å². The quantitative estimate of drug-likeness (QED) is 0.724. The second-order valence-electron chi connectivity index (χ2n) is 6.08. The number of phenols is 1. The zero-order valence-corrected chi connectivity index (χ0v) is 14.3. The van der Waals surface area contributed by atoms with Crippen LogP contribution >= 0.6 is 11.6 Å². The van der Waals surface area contributed by atoms with Gasteiger partial charge in [-0.15, -0.1) is 0 Å². The number of aromatic hydroxyl groups is 1. The molecular weight excluding hydrogens is 347 g/mol. The van der Waals surface area contributed by atoms with Crippen LogP contribution in [-0.4, -0.2) is 30.5 Å². The largest absolute Gasteiger partial charge is 0.507 e. The van der Waals surface area contributed by atoms with Crippen LogP contribution in [0.1, 0.15) is 33.0 Å². The highest BCUT2D eigenvalue weighted by atomic mass is 35.5. The molecule has 0 aliphatic carbocycles. The number of phenolic OH excluding ortho intramolecular Hbond substituents is 1. The van der Waals surface area contributed by atoms with E-state index < -0.39 is 5.82 Å². The molecule has 2 aromatic heterocycles. The Morgan fingerprint density at radius 2 is 2.08 bits per heavy atom. The number of carbonyl (C=O) groups excluding carboxylic acids is 1. The fourth-order valence-electron chi connectivity index (χ4n) is 3.11. The van der Waals surface area contributed by atoms with Gasteiger partial charge in [0.25, 0.3) is 5.91 Å². The minimum absolute atomic E-state index is 0.0619. The minimum Gasteiger partial charge on any atom is -0.507 e. The third-order valence-electron chi connectivity index (χ3n) is 4.43. The lowest BCUT2D eigenvalue weighted by molar-refractivity contribution is 0.0746. The summed E-state index contributed by atoms with van der Waals surface area (Å²) in [5.74, 6) is -1.35. The van der Waals surface area contributed by atoms with E-state index in [2.05, 4.69) is 10.1 Å². The predicted molar refractivity (Wildman–Crippen MR) is 89.1 cm³/mol. The van der Waals surface area contributed by atoms with Crippen molar-refractivity contribution in [1.29, 1.82) is 0 Å². The molecule has 0 spiro atoms. The standard InChI is InChI=1S/C17H14ClFN4O2/c1-8-15(18)9(2)23-16(20-8)12-6-22(7-13(12)21-23)17(25)11-4-3-10(19)5-14(11)24/h3-5,24H,6-7H2,1-2H3. The van der Waals surface area contributed by atoms with Gasteiger partial charge in [-0.1, -0.05) is 11.6 Å². The lowest BCUT2D eigenvalue weighted by Crippen LogP contribution is -2.26. The lowest BCUT2D eigenvalue weighted by Gasteiger charge is -2.16. The minimum atomic E-state index is -0.594. The first-order valence-electron chi connectivity index (χ1n) is 7.67. The van der Waals surface area contributed by atoms with Crippen LogP contribution in [0.25, 0.3) is 5.65 Å². The Balaban J connectivity index is 1.71. The summed E-state index contributed by atoms with van der Waals surface area (Å²) in [6.07, 6.45) is 0. The summed E-state index contributed by atoms with van der Waals surface area (Å²) < 4.78 is 14.8. The van der Waals surface area contributed by atoms with Crippen LogP contribution in [0.3, 0.4) is 0 Å². The SMILES string of the molecule is Cc1nc2c3c(nn2c(C)c1Cl)CN(C(=O)c1ccc(F)cc1O)C3. The zero-order valence-electron chi connectivity index (χ0n) is 13.5. The molecule has 0 saturated carbocycles. The molecule has 0 radical (unpaired) electrons. The number of halogens is 2. The molecule has 0 unspecified atom stereocenters. The topological polar surface area (TPSA) is 70.7 Å². The highest BCUT2D eigenvalue weighted by Crippen LogP contribution is 2.31. The van der Waals surface area contributed by atoms with E-state index in [-0.39, 0.29) is 17.2 Å². The first kappa shape index (κ1) is 15.8.